The van der Waals surface area contributed by atoms with E-state index >= 15 is 0 Å². The summed E-state index contributed by atoms with van der Waals surface area (Å²) in [5, 5.41) is 4.22. The van der Waals surface area contributed by atoms with Gasteiger partial charge in [-0.05, 0) is 42.7 Å². The van der Waals surface area contributed by atoms with Crippen molar-refractivity contribution in [2.45, 2.75) is 31.8 Å². The summed E-state index contributed by atoms with van der Waals surface area (Å²) >= 11 is 0. The van der Waals surface area contributed by atoms with Crippen molar-refractivity contribution in [3.05, 3.63) is 36.5 Å². The quantitative estimate of drug-likeness (QED) is 0.800. The van der Waals surface area contributed by atoms with Crippen LogP contribution in [0.5, 0.6) is 0 Å². The van der Waals surface area contributed by atoms with Crippen LogP contribution < -0.4 is 11.1 Å². The number of para-hydroxylation sites is 1. The highest BCUT2D eigenvalue weighted by atomic mass is 16.5. The van der Waals surface area contributed by atoms with E-state index in [1.165, 1.54) is 10.9 Å². The molecule has 3 rings (SSSR count). The number of aryl methyl sites for hydroxylation is 1. The maximum absolute atomic E-state index is 12.1. The molecule has 1 atom stereocenters. The Labute approximate surface area is 136 Å². The second kappa shape index (κ2) is 7.62. The van der Waals surface area contributed by atoms with Crippen molar-refractivity contribution in [1.82, 2.24) is 9.88 Å². The lowest BCUT2D eigenvalue weighted by atomic mass is 9.92. The maximum atomic E-state index is 12.1. The van der Waals surface area contributed by atoms with Crippen LogP contribution in [-0.4, -0.2) is 36.3 Å². The summed E-state index contributed by atoms with van der Waals surface area (Å²) in [5.74, 6) is 0.214. The van der Waals surface area contributed by atoms with Gasteiger partial charge in [0.15, 0.2) is 0 Å². The zero-order valence-corrected chi connectivity index (χ0v) is 13.4. The average Bonchev–Trinajstić information content (AvgIpc) is 3.02. The van der Waals surface area contributed by atoms with Gasteiger partial charge in [-0.2, -0.15) is 0 Å². The number of carbonyl (C=O) groups is 1. The van der Waals surface area contributed by atoms with Crippen LogP contribution in [0.4, 0.5) is 0 Å². The monoisotopic (exact) mass is 315 g/mol. The van der Waals surface area contributed by atoms with Crippen LogP contribution in [0.2, 0.25) is 0 Å². The molecule has 23 heavy (non-hydrogen) atoms. The SMILES string of the molecule is NC(C(=O)NCCCn1ccc2ccccc21)C1CCOCC1. The van der Waals surface area contributed by atoms with Crippen LogP contribution in [0, 0.1) is 5.92 Å². The Kier molecular flexibility index (Phi) is 5.31. The van der Waals surface area contributed by atoms with E-state index in [9.17, 15) is 4.79 Å². The Morgan fingerprint density at radius 3 is 2.91 bits per heavy atom. The number of aromatic nitrogens is 1. The molecule has 124 valence electrons. The first-order chi connectivity index (χ1) is 11.3. The van der Waals surface area contributed by atoms with Crippen molar-refractivity contribution in [3.63, 3.8) is 0 Å². The van der Waals surface area contributed by atoms with Crippen molar-refractivity contribution in [1.29, 1.82) is 0 Å². The molecule has 1 amide bonds. The van der Waals surface area contributed by atoms with E-state index in [0.717, 1.165) is 25.8 Å². The summed E-state index contributed by atoms with van der Waals surface area (Å²) in [6.07, 6.45) is 4.75. The Bertz CT molecular complexity index is 647. The Balaban J connectivity index is 1.43. The molecule has 3 N–H and O–H groups in total. The largest absolute Gasteiger partial charge is 0.381 e. The van der Waals surface area contributed by atoms with Gasteiger partial charge in [-0.15, -0.1) is 0 Å². The first-order valence-electron chi connectivity index (χ1n) is 8.40. The molecule has 0 spiro atoms. The summed E-state index contributed by atoms with van der Waals surface area (Å²) in [4.78, 5) is 12.1. The zero-order valence-electron chi connectivity index (χ0n) is 13.4. The second-order valence-corrected chi connectivity index (χ2v) is 6.19. The van der Waals surface area contributed by atoms with Crippen LogP contribution in [0.15, 0.2) is 36.5 Å². The molecule has 0 aliphatic carbocycles. The van der Waals surface area contributed by atoms with E-state index in [4.69, 9.17) is 10.5 Å². The molecule has 0 saturated carbocycles. The summed E-state index contributed by atoms with van der Waals surface area (Å²) in [6, 6.07) is 10.0. The molecule has 1 unspecified atom stereocenters. The fourth-order valence-electron chi connectivity index (χ4n) is 3.20. The predicted octanol–water partition coefficient (Wildman–Crippen LogP) is 1.90. The van der Waals surface area contributed by atoms with Crippen LogP contribution in [-0.2, 0) is 16.1 Å². The molecule has 1 aromatic carbocycles. The highest BCUT2D eigenvalue weighted by molar-refractivity contribution is 5.82. The molecule has 0 bridgehead atoms. The van der Waals surface area contributed by atoms with E-state index < -0.39 is 6.04 Å². The third-order valence-corrected chi connectivity index (χ3v) is 4.63. The number of fused-ring (bicyclic) bond motifs is 1. The van der Waals surface area contributed by atoms with Gasteiger partial charge in [0.1, 0.15) is 0 Å². The molecular weight excluding hydrogens is 290 g/mol. The van der Waals surface area contributed by atoms with Gasteiger partial charge in [-0.3, -0.25) is 4.79 Å². The molecule has 1 aliphatic rings. The van der Waals surface area contributed by atoms with E-state index in [-0.39, 0.29) is 11.8 Å². The minimum absolute atomic E-state index is 0.0331. The van der Waals surface area contributed by atoms with Crippen molar-refractivity contribution in [2.75, 3.05) is 19.8 Å². The Morgan fingerprint density at radius 2 is 2.09 bits per heavy atom. The van der Waals surface area contributed by atoms with Crippen LogP contribution in [0.3, 0.4) is 0 Å². The molecule has 5 nitrogen and oxygen atoms in total. The number of benzene rings is 1. The third-order valence-electron chi connectivity index (χ3n) is 4.63. The summed E-state index contributed by atoms with van der Waals surface area (Å²) in [6.45, 7) is 2.97. The van der Waals surface area contributed by atoms with Crippen molar-refractivity contribution in [2.24, 2.45) is 11.7 Å². The fraction of sp³-hybridized carbons (Fsp3) is 0.500. The number of amides is 1. The van der Waals surface area contributed by atoms with Gasteiger partial charge in [0.05, 0.1) is 6.04 Å². The lowest BCUT2D eigenvalue weighted by Gasteiger charge is -2.26. The number of carbonyl (C=O) groups excluding carboxylic acids is 1. The molecule has 0 radical (unpaired) electrons. The normalized spacial score (nSPS) is 17.3. The average molecular weight is 315 g/mol. The number of nitrogens with one attached hydrogen (secondary N) is 1. The number of nitrogens with zero attached hydrogens (tertiary/aromatic N) is 1. The smallest absolute Gasteiger partial charge is 0.237 e. The van der Waals surface area contributed by atoms with Gasteiger partial charge in [0.2, 0.25) is 5.91 Å². The highest BCUT2D eigenvalue weighted by Gasteiger charge is 2.26. The van der Waals surface area contributed by atoms with Crippen LogP contribution in [0.1, 0.15) is 19.3 Å². The molecule has 2 heterocycles. The molecule has 2 aromatic rings. The highest BCUT2D eigenvalue weighted by Crippen LogP contribution is 2.18. The number of ether oxygens (including phenoxy) is 1. The van der Waals surface area contributed by atoms with E-state index in [1.807, 2.05) is 12.1 Å². The summed E-state index contributed by atoms with van der Waals surface area (Å²) in [5.41, 5.74) is 7.30. The fourth-order valence-corrected chi connectivity index (χ4v) is 3.20. The number of nitrogens with two attached hydrogens (primary N) is 1. The van der Waals surface area contributed by atoms with Crippen molar-refractivity contribution < 1.29 is 9.53 Å². The van der Waals surface area contributed by atoms with E-state index in [0.29, 0.717) is 19.8 Å². The van der Waals surface area contributed by atoms with E-state index in [2.05, 4.69) is 34.3 Å². The maximum Gasteiger partial charge on any atom is 0.237 e. The van der Waals surface area contributed by atoms with Gasteiger partial charge in [0, 0.05) is 38.0 Å². The summed E-state index contributed by atoms with van der Waals surface area (Å²) < 4.78 is 7.54. The van der Waals surface area contributed by atoms with Gasteiger partial charge in [-0.1, -0.05) is 18.2 Å². The zero-order chi connectivity index (χ0) is 16.1. The Morgan fingerprint density at radius 1 is 1.30 bits per heavy atom. The number of rotatable bonds is 6. The molecule has 1 fully saturated rings. The summed E-state index contributed by atoms with van der Waals surface area (Å²) in [7, 11) is 0. The molecule has 1 saturated heterocycles. The van der Waals surface area contributed by atoms with Gasteiger partial charge < -0.3 is 20.4 Å². The van der Waals surface area contributed by atoms with Gasteiger partial charge in [0.25, 0.3) is 0 Å². The van der Waals surface area contributed by atoms with Crippen molar-refractivity contribution >= 4 is 16.8 Å². The lowest BCUT2D eigenvalue weighted by Crippen LogP contribution is -2.47. The molecular formula is C18H25N3O2. The standard InChI is InChI=1S/C18H25N3O2/c19-17(15-7-12-23-13-8-15)18(22)20-9-3-10-21-11-6-14-4-1-2-5-16(14)21/h1-2,4-6,11,15,17H,3,7-10,12-13,19H2,(H,20,22). The topological polar surface area (TPSA) is 69.3 Å². The van der Waals surface area contributed by atoms with Gasteiger partial charge >= 0.3 is 0 Å². The third kappa shape index (κ3) is 3.92. The van der Waals surface area contributed by atoms with E-state index in [1.54, 1.807) is 0 Å². The molecule has 1 aromatic heterocycles. The van der Waals surface area contributed by atoms with Crippen LogP contribution in [0.25, 0.3) is 10.9 Å². The first-order valence-corrected chi connectivity index (χ1v) is 8.40. The Hall–Kier alpha value is -1.85. The van der Waals surface area contributed by atoms with Crippen LogP contribution >= 0.6 is 0 Å². The number of hydrogen-bond acceptors (Lipinski definition) is 3. The second-order valence-electron chi connectivity index (χ2n) is 6.19. The lowest BCUT2D eigenvalue weighted by molar-refractivity contribution is -0.124. The minimum atomic E-state index is -0.411. The number of hydrogen-bond donors (Lipinski definition) is 2. The van der Waals surface area contributed by atoms with Gasteiger partial charge in [-0.25, -0.2) is 0 Å². The van der Waals surface area contributed by atoms with Crippen molar-refractivity contribution in [3.8, 4) is 0 Å². The minimum Gasteiger partial charge on any atom is -0.381 e. The molecule has 5 heteroatoms. The molecule has 1 aliphatic heterocycles. The predicted molar refractivity (Wildman–Crippen MR) is 91.1 cm³/mol. The first kappa shape index (κ1) is 16.0.